The molecule has 0 aliphatic rings. The Hall–Kier alpha value is -2.39. The maximum atomic E-state index is 13.4. The van der Waals surface area contributed by atoms with Gasteiger partial charge in [0.15, 0.2) is 0 Å². The van der Waals surface area contributed by atoms with E-state index in [1.165, 1.54) is 116 Å². The molecule has 57 heavy (non-hydrogen) atoms. The minimum Gasteiger partial charge on any atom is -0.442 e. The van der Waals surface area contributed by atoms with E-state index in [-0.39, 0.29) is 24.9 Å². The monoisotopic (exact) mass is 804 g/mol. The topological polar surface area (TPSA) is 94.2 Å². The van der Waals surface area contributed by atoms with Gasteiger partial charge in [-0.1, -0.05) is 141 Å². The Balaban J connectivity index is 4.58. The van der Waals surface area contributed by atoms with Crippen LogP contribution in [0.15, 0.2) is 24.3 Å². The molecule has 3 amide bonds. The van der Waals surface area contributed by atoms with Crippen LogP contribution in [0.5, 0.6) is 0 Å². The van der Waals surface area contributed by atoms with E-state index in [0.717, 1.165) is 51.4 Å². The van der Waals surface area contributed by atoms with Crippen LogP contribution in [0.2, 0.25) is 0 Å². The number of nitrogens with one attached hydrogen (secondary N) is 2. The largest absolute Gasteiger partial charge is 0.442 e. The van der Waals surface area contributed by atoms with Crippen molar-refractivity contribution in [2.75, 3.05) is 67.5 Å². The van der Waals surface area contributed by atoms with Crippen LogP contribution in [0.3, 0.4) is 0 Å². The Morgan fingerprint density at radius 3 is 1.11 bits per heavy atom. The summed E-state index contributed by atoms with van der Waals surface area (Å²) in [4.78, 5) is 44.7. The van der Waals surface area contributed by atoms with Crippen LogP contribution in [0, 0.1) is 0 Å². The molecule has 0 fully saturated rings. The highest BCUT2D eigenvalue weighted by molar-refractivity contribution is 5.76. The molecule has 0 saturated carbocycles. The Morgan fingerprint density at radius 2 is 0.772 bits per heavy atom. The van der Waals surface area contributed by atoms with Crippen LogP contribution in [0.1, 0.15) is 194 Å². The first-order valence-corrected chi connectivity index (χ1v) is 23.8. The number of unbranched alkanes of at least 4 members (excludes halogenated alkanes) is 22. The average molecular weight is 804 g/mol. The summed E-state index contributed by atoms with van der Waals surface area (Å²) in [6.07, 6.45) is 40.9. The number of amides is 3. The zero-order valence-corrected chi connectivity index (χ0v) is 38.4. The van der Waals surface area contributed by atoms with E-state index >= 15 is 0 Å². The fraction of sp³-hybridized carbons (Fsp3) is 0.854. The molecular weight excluding hydrogens is 711 g/mol. The van der Waals surface area contributed by atoms with Crippen LogP contribution >= 0.6 is 0 Å². The summed E-state index contributed by atoms with van der Waals surface area (Å²) in [7, 11) is 7.93. The van der Waals surface area contributed by atoms with Gasteiger partial charge in [-0.15, -0.1) is 0 Å². The summed E-state index contributed by atoms with van der Waals surface area (Å²) >= 11 is 0. The predicted molar refractivity (Wildman–Crippen MR) is 244 cm³/mol. The lowest BCUT2D eigenvalue weighted by Gasteiger charge is -2.28. The maximum absolute atomic E-state index is 13.4. The molecule has 2 N–H and O–H groups in total. The number of nitrogens with zero attached hydrogens (tertiary/aromatic N) is 3. The van der Waals surface area contributed by atoms with Gasteiger partial charge in [0.1, 0.15) is 6.10 Å². The Morgan fingerprint density at radius 1 is 0.456 bits per heavy atom. The molecule has 0 rings (SSSR count). The van der Waals surface area contributed by atoms with E-state index in [1.807, 2.05) is 38.0 Å². The van der Waals surface area contributed by atoms with Crippen molar-refractivity contribution >= 4 is 17.9 Å². The number of hydrogen-bond donors (Lipinski definition) is 2. The molecule has 0 aliphatic carbocycles. The van der Waals surface area contributed by atoms with Crippen LogP contribution in [0.4, 0.5) is 4.79 Å². The fourth-order valence-electron chi connectivity index (χ4n) is 6.65. The minimum absolute atomic E-state index is 0.0367. The van der Waals surface area contributed by atoms with Crippen molar-refractivity contribution < 1.29 is 19.1 Å². The highest BCUT2D eigenvalue weighted by Crippen LogP contribution is 2.12. The Labute approximate surface area is 352 Å². The van der Waals surface area contributed by atoms with E-state index in [2.05, 4.69) is 48.8 Å². The number of rotatable bonds is 41. The van der Waals surface area contributed by atoms with Crippen molar-refractivity contribution in [3.05, 3.63) is 24.3 Å². The number of hydrogen-bond acceptors (Lipinski definition) is 6. The standard InChI is InChI=1S/C48H93N5O4/c1-7-9-11-13-15-17-19-21-23-25-27-29-31-33-35-37-46(54)49-43-45(57-48(56)53(41-39-51(3)4)42-40-52(5)6)44-50-47(55)38-36-34-32-30-28-26-24-22-20-18-16-14-12-10-8-2/h21-24,45H,7-20,25-44H2,1-6H3,(H,49,54)(H,50,55)/b23-21-,24-22-. The van der Waals surface area contributed by atoms with Gasteiger partial charge >= 0.3 is 6.09 Å². The molecule has 0 radical (unpaired) electrons. The van der Waals surface area contributed by atoms with E-state index < -0.39 is 12.2 Å². The molecular formula is C48H93N5O4. The Kier molecular flexibility index (Phi) is 40.0. The van der Waals surface area contributed by atoms with E-state index in [0.29, 0.717) is 39.0 Å². The summed E-state index contributed by atoms with van der Waals surface area (Å²) in [6.45, 7) is 7.39. The normalized spacial score (nSPS) is 11.8. The van der Waals surface area contributed by atoms with Gasteiger partial charge in [-0.3, -0.25) is 9.59 Å². The SMILES string of the molecule is CCCCCCCC/C=C\CCCCCCCC(=O)NCC(CNC(=O)CCCCCCC/C=C\CCCCCCCC)OC(=O)N(CCN(C)C)CCN(C)C. The molecule has 0 aromatic heterocycles. The van der Waals surface area contributed by atoms with Gasteiger partial charge in [-0.25, -0.2) is 4.79 Å². The molecule has 0 unspecified atom stereocenters. The lowest BCUT2D eigenvalue weighted by Crippen LogP contribution is -2.47. The van der Waals surface area contributed by atoms with Gasteiger partial charge < -0.3 is 30.1 Å². The first kappa shape index (κ1) is 54.6. The molecule has 0 saturated heterocycles. The van der Waals surface area contributed by atoms with Gasteiger partial charge in [0, 0.05) is 39.0 Å². The molecule has 0 aliphatic heterocycles. The second kappa shape index (κ2) is 41.8. The van der Waals surface area contributed by atoms with Crippen molar-refractivity contribution in [3.8, 4) is 0 Å². The van der Waals surface area contributed by atoms with Gasteiger partial charge in [0.25, 0.3) is 0 Å². The van der Waals surface area contributed by atoms with Crippen LogP contribution < -0.4 is 10.6 Å². The molecule has 0 heterocycles. The first-order valence-electron chi connectivity index (χ1n) is 23.8. The lowest BCUT2D eigenvalue weighted by atomic mass is 10.1. The minimum atomic E-state index is -0.644. The van der Waals surface area contributed by atoms with Gasteiger partial charge in [0.05, 0.1) is 13.1 Å². The maximum Gasteiger partial charge on any atom is 0.410 e. The highest BCUT2D eigenvalue weighted by atomic mass is 16.6. The fourth-order valence-corrected chi connectivity index (χ4v) is 6.65. The summed E-state index contributed by atoms with van der Waals surface area (Å²) in [6, 6.07) is 0. The molecule has 0 atom stereocenters. The number of allylic oxidation sites excluding steroid dienone is 4. The molecule has 0 bridgehead atoms. The van der Waals surface area contributed by atoms with Gasteiger partial charge in [0.2, 0.25) is 11.8 Å². The van der Waals surface area contributed by atoms with Crippen molar-refractivity contribution in [3.63, 3.8) is 0 Å². The van der Waals surface area contributed by atoms with Gasteiger partial charge in [-0.05, 0) is 92.4 Å². The summed E-state index contributed by atoms with van der Waals surface area (Å²) < 4.78 is 5.95. The first-order chi connectivity index (χ1) is 27.7. The molecule has 0 aromatic rings. The quantitative estimate of drug-likeness (QED) is 0.0472. The third kappa shape index (κ3) is 40.2. The smallest absolute Gasteiger partial charge is 0.410 e. The molecule has 0 aromatic carbocycles. The summed E-state index contributed by atoms with van der Waals surface area (Å²) in [5.41, 5.74) is 0. The van der Waals surface area contributed by atoms with Crippen molar-refractivity contribution in [1.29, 1.82) is 0 Å². The van der Waals surface area contributed by atoms with Crippen LogP contribution in [-0.4, -0.2) is 106 Å². The van der Waals surface area contributed by atoms with Crippen molar-refractivity contribution in [2.45, 2.75) is 200 Å². The molecule has 0 spiro atoms. The average Bonchev–Trinajstić information content (AvgIpc) is 3.18. The second-order valence-corrected chi connectivity index (χ2v) is 16.9. The highest BCUT2D eigenvalue weighted by Gasteiger charge is 2.22. The summed E-state index contributed by atoms with van der Waals surface area (Å²) in [5, 5.41) is 5.97. The summed E-state index contributed by atoms with van der Waals surface area (Å²) in [5.74, 6) is -0.0734. The van der Waals surface area contributed by atoms with Crippen molar-refractivity contribution in [1.82, 2.24) is 25.3 Å². The Bertz CT molecular complexity index is 918. The van der Waals surface area contributed by atoms with E-state index in [1.54, 1.807) is 4.90 Å². The third-order valence-electron chi connectivity index (χ3n) is 10.5. The van der Waals surface area contributed by atoms with E-state index in [9.17, 15) is 14.4 Å². The molecule has 9 heteroatoms. The molecule has 9 nitrogen and oxygen atoms in total. The van der Waals surface area contributed by atoms with Crippen molar-refractivity contribution in [2.24, 2.45) is 0 Å². The third-order valence-corrected chi connectivity index (χ3v) is 10.5. The number of ether oxygens (including phenoxy) is 1. The van der Waals surface area contributed by atoms with Crippen LogP contribution in [0.25, 0.3) is 0 Å². The second-order valence-electron chi connectivity index (χ2n) is 16.9. The zero-order chi connectivity index (χ0) is 42.0. The predicted octanol–water partition coefficient (Wildman–Crippen LogP) is 11.2. The lowest BCUT2D eigenvalue weighted by molar-refractivity contribution is -0.121. The van der Waals surface area contributed by atoms with Gasteiger partial charge in [-0.2, -0.15) is 0 Å². The number of likely N-dealkylation sites (N-methyl/N-ethyl adjacent to an activating group) is 2. The molecule has 334 valence electrons. The zero-order valence-electron chi connectivity index (χ0n) is 38.4. The number of carbonyl (C=O) groups is 3. The van der Waals surface area contributed by atoms with E-state index in [4.69, 9.17) is 4.74 Å². The van der Waals surface area contributed by atoms with Crippen LogP contribution in [-0.2, 0) is 14.3 Å². The number of carbonyl (C=O) groups excluding carboxylic acids is 3.